The van der Waals surface area contributed by atoms with Crippen LogP contribution >= 0.6 is 0 Å². The molecule has 19 heavy (non-hydrogen) atoms. The van der Waals surface area contributed by atoms with E-state index in [9.17, 15) is 4.79 Å². The third-order valence-corrected chi connectivity index (χ3v) is 3.23. The lowest BCUT2D eigenvalue weighted by molar-refractivity contribution is 0.0952. The van der Waals surface area contributed by atoms with Crippen molar-refractivity contribution in [1.29, 1.82) is 0 Å². The fourth-order valence-electron chi connectivity index (χ4n) is 1.66. The number of aromatic hydroxyl groups is 1. The zero-order valence-corrected chi connectivity index (χ0v) is 12.0. The molecule has 1 amide bonds. The molecule has 1 rings (SSSR count). The lowest BCUT2D eigenvalue weighted by Crippen LogP contribution is -2.29. The minimum absolute atomic E-state index is 0.0859. The number of amides is 1. The maximum atomic E-state index is 11.8. The number of nitrogens with one attached hydrogen (secondary N) is 1. The van der Waals surface area contributed by atoms with Crippen molar-refractivity contribution in [3.05, 3.63) is 29.8 Å². The van der Waals surface area contributed by atoms with Gasteiger partial charge in [0.25, 0.3) is 5.91 Å². The monoisotopic (exact) mass is 264 g/mol. The summed E-state index contributed by atoms with van der Waals surface area (Å²) in [6, 6.07) is 6.85. The first-order valence-corrected chi connectivity index (χ1v) is 6.78. The van der Waals surface area contributed by atoms with Crippen LogP contribution in [0.5, 0.6) is 5.75 Å². The van der Waals surface area contributed by atoms with E-state index < -0.39 is 0 Å². The highest BCUT2D eigenvalue weighted by atomic mass is 16.3. The maximum Gasteiger partial charge on any atom is 0.251 e. The van der Waals surface area contributed by atoms with Crippen LogP contribution in [0.2, 0.25) is 0 Å². The van der Waals surface area contributed by atoms with Crippen LogP contribution in [0.1, 0.15) is 37.0 Å². The lowest BCUT2D eigenvalue weighted by Gasteiger charge is -2.20. The molecule has 0 aliphatic carbocycles. The predicted octanol–water partition coefficient (Wildman–Crippen LogP) is 2.24. The first-order chi connectivity index (χ1) is 9.00. The average Bonchev–Trinajstić information content (AvgIpc) is 2.38. The fourth-order valence-corrected chi connectivity index (χ4v) is 1.66. The summed E-state index contributed by atoms with van der Waals surface area (Å²) in [6.45, 7) is 6.08. The van der Waals surface area contributed by atoms with Crippen LogP contribution in [0.4, 0.5) is 0 Å². The van der Waals surface area contributed by atoms with Gasteiger partial charge in [-0.25, -0.2) is 0 Å². The third kappa shape index (κ3) is 5.75. The van der Waals surface area contributed by atoms with Crippen molar-refractivity contribution in [2.75, 3.05) is 20.1 Å². The van der Waals surface area contributed by atoms with Gasteiger partial charge in [-0.3, -0.25) is 4.79 Å². The van der Waals surface area contributed by atoms with Gasteiger partial charge in [-0.1, -0.05) is 0 Å². The van der Waals surface area contributed by atoms with E-state index in [0.717, 1.165) is 19.4 Å². The van der Waals surface area contributed by atoms with E-state index in [1.807, 2.05) is 0 Å². The van der Waals surface area contributed by atoms with Crippen molar-refractivity contribution in [3.63, 3.8) is 0 Å². The first kappa shape index (κ1) is 15.5. The van der Waals surface area contributed by atoms with Crippen LogP contribution < -0.4 is 5.32 Å². The summed E-state index contributed by atoms with van der Waals surface area (Å²) in [5.41, 5.74) is 0.581. The molecule has 106 valence electrons. The minimum Gasteiger partial charge on any atom is -0.508 e. The quantitative estimate of drug-likeness (QED) is 0.743. The van der Waals surface area contributed by atoms with Crippen LogP contribution in [-0.2, 0) is 0 Å². The van der Waals surface area contributed by atoms with Crippen LogP contribution in [0.15, 0.2) is 24.3 Å². The summed E-state index contributed by atoms with van der Waals surface area (Å²) < 4.78 is 0. The van der Waals surface area contributed by atoms with Gasteiger partial charge in [0.05, 0.1) is 0 Å². The van der Waals surface area contributed by atoms with Crippen molar-refractivity contribution in [2.45, 2.75) is 32.7 Å². The number of nitrogens with zero attached hydrogens (tertiary/aromatic N) is 1. The van der Waals surface area contributed by atoms with Crippen LogP contribution in [0.25, 0.3) is 0 Å². The summed E-state index contributed by atoms with van der Waals surface area (Å²) >= 11 is 0. The van der Waals surface area contributed by atoms with Crippen molar-refractivity contribution in [1.82, 2.24) is 10.2 Å². The highest BCUT2D eigenvalue weighted by Crippen LogP contribution is 2.09. The molecule has 4 nitrogen and oxygen atoms in total. The summed E-state index contributed by atoms with van der Waals surface area (Å²) in [4.78, 5) is 14.1. The molecule has 0 spiro atoms. The Morgan fingerprint density at radius 3 is 2.47 bits per heavy atom. The number of hydrogen-bond acceptors (Lipinski definition) is 3. The molecule has 0 bridgehead atoms. The molecular formula is C15H24N2O2. The van der Waals surface area contributed by atoms with Gasteiger partial charge in [0, 0.05) is 18.2 Å². The summed E-state index contributed by atoms with van der Waals surface area (Å²) in [7, 11) is 2.11. The number of carbonyl (C=O) groups is 1. The van der Waals surface area contributed by atoms with Gasteiger partial charge in [-0.05, 0) is 64.5 Å². The molecule has 0 atom stereocenters. The van der Waals surface area contributed by atoms with Gasteiger partial charge < -0.3 is 15.3 Å². The molecule has 2 N–H and O–H groups in total. The number of unbranched alkanes of at least 4 members (excludes halogenated alkanes) is 1. The number of phenols is 1. The van der Waals surface area contributed by atoms with Crippen molar-refractivity contribution in [2.24, 2.45) is 0 Å². The second-order valence-electron chi connectivity index (χ2n) is 5.08. The molecular weight excluding hydrogens is 240 g/mol. The zero-order valence-electron chi connectivity index (χ0n) is 12.0. The molecule has 0 aliphatic rings. The summed E-state index contributed by atoms with van der Waals surface area (Å²) in [6.07, 6.45) is 2.05. The van der Waals surface area contributed by atoms with Gasteiger partial charge in [0.1, 0.15) is 5.75 Å². The Balaban J connectivity index is 2.19. The Bertz CT molecular complexity index is 388. The second kappa shape index (κ2) is 7.79. The second-order valence-corrected chi connectivity index (χ2v) is 5.08. The van der Waals surface area contributed by atoms with E-state index in [2.05, 4.69) is 31.1 Å². The molecule has 0 saturated heterocycles. The molecule has 0 fully saturated rings. The predicted molar refractivity (Wildman–Crippen MR) is 77.4 cm³/mol. The summed E-state index contributed by atoms with van der Waals surface area (Å²) in [5, 5.41) is 12.0. The highest BCUT2D eigenvalue weighted by Gasteiger charge is 2.05. The van der Waals surface area contributed by atoms with Crippen molar-refractivity contribution >= 4 is 5.91 Å². The highest BCUT2D eigenvalue weighted by molar-refractivity contribution is 5.94. The average molecular weight is 264 g/mol. The smallest absolute Gasteiger partial charge is 0.251 e. The molecule has 0 aliphatic heterocycles. The summed E-state index contributed by atoms with van der Waals surface area (Å²) in [5.74, 6) is 0.0884. The normalized spacial score (nSPS) is 11.0. The van der Waals surface area contributed by atoms with E-state index in [0.29, 0.717) is 18.2 Å². The van der Waals surface area contributed by atoms with Gasteiger partial charge in [0.2, 0.25) is 0 Å². The van der Waals surface area contributed by atoms with Crippen LogP contribution in [0.3, 0.4) is 0 Å². The Morgan fingerprint density at radius 1 is 1.26 bits per heavy atom. The first-order valence-electron chi connectivity index (χ1n) is 6.78. The minimum atomic E-state index is -0.0859. The fraction of sp³-hybridized carbons (Fsp3) is 0.533. The number of rotatable bonds is 7. The van der Waals surface area contributed by atoms with Gasteiger partial charge in [0.15, 0.2) is 0 Å². The van der Waals surface area contributed by atoms with Crippen LogP contribution in [0, 0.1) is 0 Å². The lowest BCUT2D eigenvalue weighted by atomic mass is 10.2. The van der Waals surface area contributed by atoms with Crippen molar-refractivity contribution in [3.8, 4) is 5.75 Å². The van der Waals surface area contributed by atoms with Crippen LogP contribution in [-0.4, -0.2) is 42.1 Å². The van der Waals surface area contributed by atoms with E-state index in [4.69, 9.17) is 5.11 Å². The molecule has 0 heterocycles. The number of phenolic OH excluding ortho intramolecular Hbond substituents is 1. The van der Waals surface area contributed by atoms with E-state index >= 15 is 0 Å². The number of hydrogen-bond donors (Lipinski definition) is 2. The van der Waals surface area contributed by atoms with E-state index in [1.54, 1.807) is 12.1 Å². The SMILES string of the molecule is CC(C)N(C)CCCCNC(=O)c1ccc(O)cc1. The molecule has 0 saturated carbocycles. The van der Waals surface area contributed by atoms with Crippen molar-refractivity contribution < 1.29 is 9.90 Å². The maximum absolute atomic E-state index is 11.8. The standard InChI is InChI=1S/C15H24N2O2/c1-12(2)17(3)11-5-4-10-16-15(19)13-6-8-14(18)9-7-13/h6-9,12,18H,4-5,10-11H2,1-3H3,(H,16,19). The zero-order chi connectivity index (χ0) is 14.3. The number of carbonyl (C=O) groups excluding carboxylic acids is 1. The topological polar surface area (TPSA) is 52.6 Å². The Morgan fingerprint density at radius 2 is 1.89 bits per heavy atom. The molecule has 4 heteroatoms. The Hall–Kier alpha value is -1.55. The van der Waals surface area contributed by atoms with Gasteiger partial charge in [-0.15, -0.1) is 0 Å². The van der Waals surface area contributed by atoms with E-state index in [-0.39, 0.29) is 11.7 Å². The molecule has 0 radical (unpaired) electrons. The van der Waals surface area contributed by atoms with E-state index in [1.165, 1.54) is 12.1 Å². The molecule has 1 aromatic carbocycles. The molecule has 0 unspecified atom stereocenters. The Kier molecular flexibility index (Phi) is 6.36. The third-order valence-electron chi connectivity index (χ3n) is 3.23. The molecule has 1 aromatic rings. The molecule has 0 aromatic heterocycles. The van der Waals surface area contributed by atoms with Gasteiger partial charge in [-0.2, -0.15) is 0 Å². The largest absolute Gasteiger partial charge is 0.508 e. The Labute approximate surface area is 115 Å². The van der Waals surface area contributed by atoms with Gasteiger partial charge >= 0.3 is 0 Å². The number of benzene rings is 1.